The lowest BCUT2D eigenvalue weighted by molar-refractivity contribution is 0.146. The third-order valence-electron chi connectivity index (χ3n) is 2.98. The fraction of sp³-hybridized carbons (Fsp3) is 0.923. The maximum absolute atomic E-state index is 12.2. The zero-order valence-corrected chi connectivity index (χ0v) is 11.7. The number of nitrogens with zero attached hydrogens (tertiary/aromatic N) is 1. The van der Waals surface area contributed by atoms with Crippen LogP contribution in [0.1, 0.15) is 47.0 Å². The molecule has 1 aliphatic rings. The van der Waals surface area contributed by atoms with Crippen molar-refractivity contribution in [1.82, 2.24) is 15.5 Å². The van der Waals surface area contributed by atoms with Gasteiger partial charge in [0.25, 0.3) is 0 Å². The molecule has 2 N–H and O–H groups in total. The van der Waals surface area contributed by atoms with Crippen molar-refractivity contribution in [1.29, 1.82) is 0 Å². The molecule has 1 heterocycles. The summed E-state index contributed by atoms with van der Waals surface area (Å²) >= 11 is 0. The van der Waals surface area contributed by atoms with E-state index in [1.165, 1.54) is 12.8 Å². The number of nitrogens with one attached hydrogen (secondary N) is 2. The number of urea groups is 1. The molecular formula is C13H27N3O. The van der Waals surface area contributed by atoms with Gasteiger partial charge in [-0.15, -0.1) is 0 Å². The Hall–Kier alpha value is -0.770. The number of amides is 2. The number of hydrogen-bond acceptors (Lipinski definition) is 2. The van der Waals surface area contributed by atoms with Crippen LogP contribution in [0.4, 0.5) is 4.79 Å². The van der Waals surface area contributed by atoms with E-state index >= 15 is 0 Å². The number of carbonyl (C=O) groups is 1. The zero-order chi connectivity index (χ0) is 12.9. The second-order valence-electron chi connectivity index (χ2n) is 5.87. The molecule has 0 spiro atoms. The maximum Gasteiger partial charge on any atom is 0.318 e. The van der Waals surface area contributed by atoms with Gasteiger partial charge in [0.05, 0.1) is 0 Å². The van der Waals surface area contributed by atoms with E-state index in [9.17, 15) is 4.79 Å². The molecule has 1 saturated heterocycles. The van der Waals surface area contributed by atoms with Gasteiger partial charge in [-0.2, -0.15) is 0 Å². The number of carbonyl (C=O) groups excluding carboxylic acids is 1. The van der Waals surface area contributed by atoms with Gasteiger partial charge in [-0.3, -0.25) is 0 Å². The molecule has 0 aromatic carbocycles. The monoisotopic (exact) mass is 241 g/mol. The third-order valence-corrected chi connectivity index (χ3v) is 2.98. The first-order chi connectivity index (χ1) is 7.94. The van der Waals surface area contributed by atoms with Crippen molar-refractivity contribution in [2.75, 3.05) is 19.6 Å². The van der Waals surface area contributed by atoms with Crippen LogP contribution in [-0.2, 0) is 0 Å². The highest BCUT2D eigenvalue weighted by atomic mass is 16.2. The molecule has 1 fully saturated rings. The van der Waals surface area contributed by atoms with E-state index in [1.807, 2.05) is 25.7 Å². The Kier molecular flexibility index (Phi) is 5.25. The van der Waals surface area contributed by atoms with E-state index < -0.39 is 0 Å². The van der Waals surface area contributed by atoms with Crippen molar-refractivity contribution in [3.63, 3.8) is 0 Å². The maximum atomic E-state index is 12.2. The summed E-state index contributed by atoms with van der Waals surface area (Å²) in [7, 11) is 0. The van der Waals surface area contributed by atoms with Crippen LogP contribution in [0.3, 0.4) is 0 Å². The van der Waals surface area contributed by atoms with Crippen LogP contribution >= 0.6 is 0 Å². The average molecular weight is 241 g/mol. The average Bonchev–Trinajstić information content (AvgIpc) is 2.24. The second kappa shape index (κ2) is 6.24. The molecule has 0 aromatic rings. The van der Waals surface area contributed by atoms with Crippen molar-refractivity contribution in [2.45, 2.75) is 58.5 Å². The van der Waals surface area contributed by atoms with E-state index in [2.05, 4.69) is 17.6 Å². The van der Waals surface area contributed by atoms with Gasteiger partial charge < -0.3 is 15.5 Å². The molecule has 2 amide bonds. The third kappa shape index (κ3) is 4.94. The van der Waals surface area contributed by atoms with Crippen LogP contribution in [-0.4, -0.2) is 42.1 Å². The minimum atomic E-state index is -0.155. The van der Waals surface area contributed by atoms with Crippen molar-refractivity contribution in [3.8, 4) is 0 Å². The molecule has 100 valence electrons. The largest absolute Gasteiger partial charge is 0.333 e. The molecule has 1 rings (SSSR count). The summed E-state index contributed by atoms with van der Waals surface area (Å²) in [6.45, 7) is 10.9. The molecule has 0 saturated carbocycles. The van der Waals surface area contributed by atoms with Gasteiger partial charge in [-0.25, -0.2) is 4.79 Å². The SMILES string of the molecule is CCCCC1CNCCN1C(=O)NC(C)(C)C. The number of rotatable bonds is 3. The lowest BCUT2D eigenvalue weighted by atomic mass is 10.1. The van der Waals surface area contributed by atoms with Crippen LogP contribution in [0.25, 0.3) is 0 Å². The molecule has 17 heavy (non-hydrogen) atoms. The fourth-order valence-electron chi connectivity index (χ4n) is 2.12. The fourth-order valence-corrected chi connectivity index (χ4v) is 2.12. The van der Waals surface area contributed by atoms with Gasteiger partial charge in [0.15, 0.2) is 0 Å². The summed E-state index contributed by atoms with van der Waals surface area (Å²) in [6.07, 6.45) is 3.47. The molecule has 0 radical (unpaired) electrons. The van der Waals surface area contributed by atoms with Gasteiger partial charge >= 0.3 is 6.03 Å². The first-order valence-corrected chi connectivity index (χ1v) is 6.73. The first kappa shape index (κ1) is 14.3. The van der Waals surface area contributed by atoms with Crippen LogP contribution < -0.4 is 10.6 Å². The Bertz CT molecular complexity index is 248. The highest BCUT2D eigenvalue weighted by Crippen LogP contribution is 2.12. The highest BCUT2D eigenvalue weighted by molar-refractivity contribution is 5.75. The van der Waals surface area contributed by atoms with Gasteiger partial charge in [0.1, 0.15) is 0 Å². The molecule has 0 bridgehead atoms. The quantitative estimate of drug-likeness (QED) is 0.793. The molecule has 1 aliphatic heterocycles. The van der Waals surface area contributed by atoms with E-state index in [0.717, 1.165) is 26.1 Å². The second-order valence-corrected chi connectivity index (χ2v) is 5.87. The van der Waals surface area contributed by atoms with E-state index in [0.29, 0.717) is 6.04 Å². The summed E-state index contributed by atoms with van der Waals surface area (Å²) in [5.74, 6) is 0. The molecule has 1 unspecified atom stereocenters. The molecule has 4 nitrogen and oxygen atoms in total. The van der Waals surface area contributed by atoms with E-state index in [1.54, 1.807) is 0 Å². The summed E-state index contributed by atoms with van der Waals surface area (Å²) in [5.41, 5.74) is -0.155. The van der Waals surface area contributed by atoms with Crippen molar-refractivity contribution >= 4 is 6.03 Å². The summed E-state index contributed by atoms with van der Waals surface area (Å²) in [4.78, 5) is 14.2. The topological polar surface area (TPSA) is 44.4 Å². The smallest absolute Gasteiger partial charge is 0.318 e. The summed E-state index contributed by atoms with van der Waals surface area (Å²) in [6, 6.07) is 0.436. The summed E-state index contributed by atoms with van der Waals surface area (Å²) in [5, 5.41) is 6.42. The van der Waals surface area contributed by atoms with Gasteiger partial charge in [-0.05, 0) is 27.2 Å². The van der Waals surface area contributed by atoms with Crippen molar-refractivity contribution in [2.24, 2.45) is 0 Å². The van der Waals surface area contributed by atoms with Crippen LogP contribution in [0.2, 0.25) is 0 Å². The number of piperazine rings is 1. The Morgan fingerprint density at radius 1 is 1.47 bits per heavy atom. The Morgan fingerprint density at radius 2 is 2.18 bits per heavy atom. The lowest BCUT2D eigenvalue weighted by Crippen LogP contribution is -2.58. The summed E-state index contributed by atoms with van der Waals surface area (Å²) < 4.78 is 0. The first-order valence-electron chi connectivity index (χ1n) is 6.73. The van der Waals surface area contributed by atoms with Crippen molar-refractivity contribution in [3.05, 3.63) is 0 Å². The Balaban J connectivity index is 2.54. The molecule has 4 heteroatoms. The molecule has 0 aliphatic carbocycles. The van der Waals surface area contributed by atoms with Gasteiger partial charge in [0.2, 0.25) is 0 Å². The Labute approximate surface area is 105 Å². The normalized spacial score (nSPS) is 21.4. The number of unbranched alkanes of at least 4 members (excludes halogenated alkanes) is 1. The van der Waals surface area contributed by atoms with E-state index in [-0.39, 0.29) is 11.6 Å². The van der Waals surface area contributed by atoms with Gasteiger partial charge in [0, 0.05) is 31.2 Å². The lowest BCUT2D eigenvalue weighted by Gasteiger charge is -2.38. The van der Waals surface area contributed by atoms with E-state index in [4.69, 9.17) is 0 Å². The molecule has 1 atom stereocenters. The Morgan fingerprint density at radius 3 is 2.76 bits per heavy atom. The van der Waals surface area contributed by atoms with Crippen LogP contribution in [0.15, 0.2) is 0 Å². The molecule has 0 aromatic heterocycles. The number of hydrogen-bond donors (Lipinski definition) is 2. The van der Waals surface area contributed by atoms with Gasteiger partial charge in [-0.1, -0.05) is 19.8 Å². The predicted octanol–water partition coefficient (Wildman–Crippen LogP) is 1.96. The standard InChI is InChI=1S/C13H27N3O/c1-5-6-7-11-10-14-8-9-16(11)12(17)15-13(2,3)4/h11,14H,5-10H2,1-4H3,(H,15,17). The minimum Gasteiger partial charge on any atom is -0.333 e. The minimum absolute atomic E-state index is 0.0834. The van der Waals surface area contributed by atoms with Crippen molar-refractivity contribution < 1.29 is 4.79 Å². The predicted molar refractivity (Wildman–Crippen MR) is 71.2 cm³/mol. The highest BCUT2D eigenvalue weighted by Gasteiger charge is 2.27. The van der Waals surface area contributed by atoms with Crippen LogP contribution in [0.5, 0.6) is 0 Å². The zero-order valence-electron chi connectivity index (χ0n) is 11.7. The molecular weight excluding hydrogens is 214 g/mol. The van der Waals surface area contributed by atoms with Crippen LogP contribution in [0, 0.1) is 0 Å².